The van der Waals surface area contributed by atoms with Crippen LogP contribution in [0.4, 0.5) is 0 Å². The lowest BCUT2D eigenvalue weighted by Gasteiger charge is -2.00. The molecule has 0 aromatic heterocycles. The molecule has 1 aromatic carbocycles. The summed E-state index contributed by atoms with van der Waals surface area (Å²) in [6.07, 6.45) is 2.93. The highest BCUT2D eigenvalue weighted by molar-refractivity contribution is 9.10. The van der Waals surface area contributed by atoms with Gasteiger partial charge in [0.15, 0.2) is 0 Å². The van der Waals surface area contributed by atoms with Gasteiger partial charge >= 0.3 is 5.97 Å². The van der Waals surface area contributed by atoms with E-state index < -0.39 is 5.97 Å². The van der Waals surface area contributed by atoms with E-state index >= 15 is 0 Å². The highest BCUT2D eigenvalue weighted by Gasteiger charge is 2.09. The first-order valence-electron chi connectivity index (χ1n) is 4.82. The third-order valence-corrected chi connectivity index (χ3v) is 2.33. The summed E-state index contributed by atoms with van der Waals surface area (Å²) in [5.74, 6) is -0.646. The fourth-order valence-electron chi connectivity index (χ4n) is 1.11. The van der Waals surface area contributed by atoms with Crippen molar-refractivity contribution in [2.24, 2.45) is 0 Å². The van der Waals surface area contributed by atoms with Gasteiger partial charge in [0.05, 0.1) is 0 Å². The van der Waals surface area contributed by atoms with Gasteiger partial charge in [-0.25, -0.2) is 4.79 Å². The standard InChI is InChI=1S/C13H10BrNO2/c1-2-6-17-13(16)11(9-15)7-10-4-3-5-12(14)8-10/h2-5,7-8H,1,6H2. The number of halogens is 1. The number of hydrogen-bond acceptors (Lipinski definition) is 3. The Morgan fingerprint density at radius 2 is 2.35 bits per heavy atom. The molecule has 0 aliphatic carbocycles. The molecule has 0 unspecified atom stereocenters. The number of nitriles is 1. The van der Waals surface area contributed by atoms with Crippen LogP contribution in [0.15, 0.2) is 47.0 Å². The van der Waals surface area contributed by atoms with Crippen molar-refractivity contribution in [3.63, 3.8) is 0 Å². The zero-order valence-corrected chi connectivity index (χ0v) is 10.6. The Morgan fingerprint density at radius 3 is 2.94 bits per heavy atom. The summed E-state index contributed by atoms with van der Waals surface area (Å²) in [5, 5.41) is 8.87. The average Bonchev–Trinajstić information content (AvgIpc) is 2.33. The van der Waals surface area contributed by atoms with Crippen molar-refractivity contribution in [3.05, 3.63) is 52.5 Å². The van der Waals surface area contributed by atoms with Crippen LogP contribution in [-0.4, -0.2) is 12.6 Å². The van der Waals surface area contributed by atoms with E-state index in [-0.39, 0.29) is 12.2 Å². The highest BCUT2D eigenvalue weighted by Crippen LogP contribution is 2.14. The summed E-state index contributed by atoms with van der Waals surface area (Å²) in [7, 11) is 0. The Hall–Kier alpha value is -1.86. The third kappa shape index (κ3) is 4.25. The first-order chi connectivity index (χ1) is 8.17. The van der Waals surface area contributed by atoms with Crippen LogP contribution in [0.1, 0.15) is 5.56 Å². The molecular formula is C13H10BrNO2. The molecule has 0 amide bonds. The van der Waals surface area contributed by atoms with Crippen molar-refractivity contribution < 1.29 is 9.53 Å². The van der Waals surface area contributed by atoms with E-state index in [9.17, 15) is 4.79 Å². The van der Waals surface area contributed by atoms with Crippen LogP contribution in [0.3, 0.4) is 0 Å². The molecule has 4 heteroatoms. The maximum absolute atomic E-state index is 11.4. The quantitative estimate of drug-likeness (QED) is 0.371. The molecular weight excluding hydrogens is 282 g/mol. The van der Waals surface area contributed by atoms with Crippen molar-refractivity contribution in [1.29, 1.82) is 5.26 Å². The number of hydrogen-bond donors (Lipinski definition) is 0. The monoisotopic (exact) mass is 291 g/mol. The zero-order chi connectivity index (χ0) is 12.7. The Kier molecular flexibility index (Phi) is 5.18. The summed E-state index contributed by atoms with van der Waals surface area (Å²) in [5.41, 5.74) is 0.719. The lowest BCUT2D eigenvalue weighted by atomic mass is 10.1. The van der Waals surface area contributed by atoms with Crippen molar-refractivity contribution >= 4 is 28.0 Å². The second kappa shape index (κ2) is 6.66. The van der Waals surface area contributed by atoms with Crippen molar-refractivity contribution in [2.45, 2.75) is 0 Å². The minimum absolute atomic E-state index is 0.0371. The fourth-order valence-corrected chi connectivity index (χ4v) is 1.53. The number of rotatable bonds is 4. The summed E-state index contributed by atoms with van der Waals surface area (Å²) >= 11 is 3.31. The summed E-state index contributed by atoms with van der Waals surface area (Å²) < 4.78 is 5.66. The number of carbonyl (C=O) groups is 1. The van der Waals surface area contributed by atoms with Gasteiger partial charge < -0.3 is 4.74 Å². The lowest BCUT2D eigenvalue weighted by Crippen LogP contribution is -2.06. The molecule has 0 spiro atoms. The van der Waals surface area contributed by atoms with Crippen molar-refractivity contribution in [2.75, 3.05) is 6.61 Å². The van der Waals surface area contributed by atoms with E-state index in [4.69, 9.17) is 10.00 Å². The molecule has 0 aliphatic heterocycles. The summed E-state index contributed by atoms with van der Waals surface area (Å²) in [6, 6.07) is 9.09. The van der Waals surface area contributed by atoms with Crippen LogP contribution >= 0.6 is 15.9 Å². The van der Waals surface area contributed by atoms with Crippen LogP contribution in [0, 0.1) is 11.3 Å². The average molecular weight is 292 g/mol. The molecule has 86 valence electrons. The molecule has 0 radical (unpaired) electrons. The third-order valence-electron chi connectivity index (χ3n) is 1.83. The van der Waals surface area contributed by atoms with Gasteiger partial charge in [0.1, 0.15) is 18.2 Å². The molecule has 0 aliphatic rings. The minimum atomic E-state index is -0.646. The van der Waals surface area contributed by atoms with E-state index in [0.29, 0.717) is 0 Å². The van der Waals surface area contributed by atoms with E-state index in [1.807, 2.05) is 18.2 Å². The maximum atomic E-state index is 11.4. The van der Waals surface area contributed by atoms with E-state index in [2.05, 4.69) is 22.5 Å². The van der Waals surface area contributed by atoms with E-state index in [1.54, 1.807) is 12.1 Å². The molecule has 0 atom stereocenters. The smallest absolute Gasteiger partial charge is 0.349 e. The Balaban J connectivity index is 2.91. The Labute approximate surface area is 108 Å². The normalized spacial score (nSPS) is 10.5. The molecule has 1 rings (SSSR count). The van der Waals surface area contributed by atoms with Gasteiger partial charge in [0.25, 0.3) is 0 Å². The van der Waals surface area contributed by atoms with Gasteiger partial charge in [0, 0.05) is 4.47 Å². The first kappa shape index (κ1) is 13.2. The fraction of sp³-hybridized carbons (Fsp3) is 0.0769. The molecule has 0 saturated heterocycles. The second-order valence-corrected chi connectivity index (χ2v) is 4.03. The van der Waals surface area contributed by atoms with Crippen LogP contribution < -0.4 is 0 Å². The Morgan fingerprint density at radius 1 is 1.59 bits per heavy atom. The molecule has 0 heterocycles. The minimum Gasteiger partial charge on any atom is -0.457 e. The molecule has 0 N–H and O–H groups in total. The molecule has 0 fully saturated rings. The van der Waals surface area contributed by atoms with Crippen LogP contribution in [-0.2, 0) is 9.53 Å². The van der Waals surface area contributed by atoms with Gasteiger partial charge in [-0.15, -0.1) is 0 Å². The van der Waals surface area contributed by atoms with Gasteiger partial charge in [-0.05, 0) is 23.8 Å². The van der Waals surface area contributed by atoms with Gasteiger partial charge in [0.2, 0.25) is 0 Å². The number of carbonyl (C=O) groups excluding carboxylic acids is 1. The van der Waals surface area contributed by atoms with Crippen LogP contribution in [0.25, 0.3) is 6.08 Å². The van der Waals surface area contributed by atoms with Crippen molar-refractivity contribution in [3.8, 4) is 6.07 Å². The predicted octanol–water partition coefficient (Wildman–Crippen LogP) is 3.09. The molecule has 3 nitrogen and oxygen atoms in total. The number of nitrogens with zero attached hydrogens (tertiary/aromatic N) is 1. The van der Waals surface area contributed by atoms with E-state index in [1.165, 1.54) is 12.2 Å². The van der Waals surface area contributed by atoms with Gasteiger partial charge in [-0.1, -0.05) is 40.7 Å². The maximum Gasteiger partial charge on any atom is 0.349 e. The summed E-state index contributed by atoms with van der Waals surface area (Å²) in [6.45, 7) is 3.52. The van der Waals surface area contributed by atoms with Gasteiger partial charge in [-0.2, -0.15) is 5.26 Å². The number of ether oxygens (including phenoxy) is 1. The molecule has 0 bridgehead atoms. The zero-order valence-electron chi connectivity index (χ0n) is 9.02. The highest BCUT2D eigenvalue weighted by atomic mass is 79.9. The van der Waals surface area contributed by atoms with E-state index in [0.717, 1.165) is 10.0 Å². The Bertz CT molecular complexity index is 500. The summed E-state index contributed by atoms with van der Waals surface area (Å²) in [4.78, 5) is 11.4. The molecule has 1 aromatic rings. The largest absolute Gasteiger partial charge is 0.457 e. The molecule has 0 saturated carbocycles. The number of esters is 1. The topological polar surface area (TPSA) is 50.1 Å². The molecule has 17 heavy (non-hydrogen) atoms. The predicted molar refractivity (Wildman–Crippen MR) is 68.9 cm³/mol. The van der Waals surface area contributed by atoms with Gasteiger partial charge in [-0.3, -0.25) is 0 Å². The van der Waals surface area contributed by atoms with Crippen LogP contribution in [0.5, 0.6) is 0 Å². The lowest BCUT2D eigenvalue weighted by molar-refractivity contribution is -0.137. The second-order valence-electron chi connectivity index (χ2n) is 3.11. The SMILES string of the molecule is C=CCOC(=O)C(C#N)=Cc1cccc(Br)c1. The van der Waals surface area contributed by atoms with Crippen LogP contribution in [0.2, 0.25) is 0 Å². The van der Waals surface area contributed by atoms with Crippen molar-refractivity contribution in [1.82, 2.24) is 0 Å². The number of benzene rings is 1. The first-order valence-corrected chi connectivity index (χ1v) is 5.62.